The fourth-order valence-corrected chi connectivity index (χ4v) is 2.09. The van der Waals surface area contributed by atoms with Crippen molar-refractivity contribution in [2.75, 3.05) is 5.32 Å². The quantitative estimate of drug-likeness (QED) is 0.858. The predicted octanol–water partition coefficient (Wildman–Crippen LogP) is 3.05. The number of carboxylic acids is 1. The maximum atomic E-state index is 12.0. The average Bonchev–Trinajstić information content (AvgIpc) is 2.86. The van der Waals surface area contributed by atoms with Crippen molar-refractivity contribution in [1.82, 2.24) is 4.98 Å². The lowest BCUT2D eigenvalue weighted by atomic mass is 10.3. The van der Waals surface area contributed by atoms with Crippen LogP contribution in [-0.2, 0) is 6.54 Å². The third-order valence-corrected chi connectivity index (χ3v) is 3.17. The van der Waals surface area contributed by atoms with Crippen LogP contribution in [0, 0.1) is 0 Å². The third kappa shape index (κ3) is 3.89. The summed E-state index contributed by atoms with van der Waals surface area (Å²) in [7, 11) is 0. The van der Waals surface area contributed by atoms with Gasteiger partial charge in [-0.1, -0.05) is 0 Å². The number of hydrogen-bond donors (Lipinski definition) is 2. The molecule has 0 saturated carbocycles. The summed E-state index contributed by atoms with van der Waals surface area (Å²) in [4.78, 5) is 14.6. The van der Waals surface area contributed by atoms with Crippen molar-refractivity contribution >= 4 is 23.0 Å². The Morgan fingerprint density at radius 3 is 2.65 bits per heavy atom. The van der Waals surface area contributed by atoms with Crippen LogP contribution < -0.4 is 10.1 Å². The van der Waals surface area contributed by atoms with Crippen molar-refractivity contribution < 1.29 is 23.4 Å². The number of benzene rings is 1. The molecule has 5 nitrogen and oxygen atoms in total. The van der Waals surface area contributed by atoms with Crippen LogP contribution in [0.3, 0.4) is 0 Å². The smallest absolute Gasteiger partial charge is 0.387 e. The number of nitrogens with one attached hydrogen (secondary N) is 1. The van der Waals surface area contributed by atoms with E-state index in [1.165, 1.54) is 12.1 Å². The second-order valence-corrected chi connectivity index (χ2v) is 4.56. The van der Waals surface area contributed by atoms with Gasteiger partial charge in [0.2, 0.25) is 5.01 Å². The van der Waals surface area contributed by atoms with Gasteiger partial charge in [0.25, 0.3) is 0 Å². The number of aromatic nitrogens is 1. The summed E-state index contributed by atoms with van der Waals surface area (Å²) in [6.45, 7) is -2.50. The highest BCUT2D eigenvalue weighted by atomic mass is 32.1. The number of ether oxygens (including phenoxy) is 1. The highest BCUT2D eigenvalue weighted by Gasteiger charge is 2.08. The topological polar surface area (TPSA) is 71.5 Å². The zero-order chi connectivity index (χ0) is 14.5. The normalized spacial score (nSPS) is 10.6. The fraction of sp³-hybridized carbons (Fsp3) is 0.167. The average molecular weight is 300 g/mol. The Hall–Kier alpha value is -2.22. The third-order valence-electron chi connectivity index (χ3n) is 2.29. The molecule has 20 heavy (non-hydrogen) atoms. The lowest BCUT2D eigenvalue weighted by Crippen LogP contribution is -2.03. The highest BCUT2D eigenvalue weighted by molar-refractivity contribution is 7.11. The molecule has 0 unspecified atom stereocenters. The molecule has 1 aromatic heterocycles. The Balaban J connectivity index is 1.91. The van der Waals surface area contributed by atoms with Crippen LogP contribution in [0.2, 0.25) is 0 Å². The van der Waals surface area contributed by atoms with Crippen LogP contribution in [0.5, 0.6) is 5.75 Å². The largest absolute Gasteiger partial charge is 0.476 e. The summed E-state index contributed by atoms with van der Waals surface area (Å²) in [5.41, 5.74) is 1.29. The Bertz CT molecular complexity index is 587. The molecule has 0 radical (unpaired) electrons. The first kappa shape index (κ1) is 14.2. The number of nitrogens with zero attached hydrogens (tertiary/aromatic N) is 1. The van der Waals surface area contributed by atoms with Gasteiger partial charge in [-0.05, 0) is 24.3 Å². The van der Waals surface area contributed by atoms with E-state index in [9.17, 15) is 13.6 Å². The summed E-state index contributed by atoms with van der Waals surface area (Å²) >= 11 is 1.05. The molecule has 2 aromatic rings. The number of carbonyl (C=O) groups is 1. The molecule has 2 rings (SSSR count). The van der Waals surface area contributed by atoms with E-state index in [2.05, 4.69) is 15.0 Å². The standard InChI is InChI=1S/C12H10F2N2O3S/c13-12(14)19-9-3-1-7(2-4-9)15-5-8-6-20-10(16-8)11(17)18/h1-4,6,12,15H,5H2,(H,17,18). The minimum absolute atomic E-state index is 0.0301. The van der Waals surface area contributed by atoms with E-state index in [1.807, 2.05) is 0 Å². The zero-order valence-electron chi connectivity index (χ0n) is 10.0. The van der Waals surface area contributed by atoms with E-state index in [1.54, 1.807) is 17.5 Å². The molecule has 1 heterocycles. The lowest BCUT2D eigenvalue weighted by molar-refractivity contribution is -0.0498. The van der Waals surface area contributed by atoms with Crippen molar-refractivity contribution in [3.8, 4) is 5.75 Å². The molecule has 0 fully saturated rings. The number of halogens is 2. The second-order valence-electron chi connectivity index (χ2n) is 3.71. The highest BCUT2D eigenvalue weighted by Crippen LogP contribution is 2.18. The molecule has 1 aromatic carbocycles. The van der Waals surface area contributed by atoms with Gasteiger partial charge in [-0.3, -0.25) is 0 Å². The van der Waals surface area contributed by atoms with Crippen molar-refractivity contribution in [2.24, 2.45) is 0 Å². The molecule has 0 aliphatic carbocycles. The van der Waals surface area contributed by atoms with E-state index in [0.29, 0.717) is 17.9 Å². The lowest BCUT2D eigenvalue weighted by Gasteiger charge is -2.07. The molecule has 0 amide bonds. The first-order valence-electron chi connectivity index (χ1n) is 5.51. The maximum absolute atomic E-state index is 12.0. The van der Waals surface area contributed by atoms with Crippen LogP contribution in [-0.4, -0.2) is 22.7 Å². The van der Waals surface area contributed by atoms with Gasteiger partial charge in [0.1, 0.15) is 5.75 Å². The number of aromatic carboxylic acids is 1. The van der Waals surface area contributed by atoms with Crippen molar-refractivity contribution in [3.05, 3.63) is 40.3 Å². The van der Waals surface area contributed by atoms with Crippen LogP contribution in [0.4, 0.5) is 14.5 Å². The van der Waals surface area contributed by atoms with Crippen molar-refractivity contribution in [1.29, 1.82) is 0 Å². The Morgan fingerprint density at radius 1 is 1.40 bits per heavy atom. The number of alkyl halides is 2. The predicted molar refractivity (Wildman–Crippen MR) is 69.5 cm³/mol. The molecular weight excluding hydrogens is 290 g/mol. The van der Waals surface area contributed by atoms with Gasteiger partial charge >= 0.3 is 12.6 Å². The summed E-state index contributed by atoms with van der Waals surface area (Å²) in [6, 6.07) is 6.00. The van der Waals surface area contributed by atoms with Crippen LogP contribution in [0.1, 0.15) is 15.5 Å². The summed E-state index contributed by atoms with van der Waals surface area (Å²) in [6.07, 6.45) is 0. The minimum Gasteiger partial charge on any atom is -0.476 e. The van der Waals surface area contributed by atoms with E-state index in [4.69, 9.17) is 5.11 Å². The Kier molecular flexibility index (Phi) is 4.46. The Labute approximate surface area is 116 Å². The molecule has 0 aliphatic heterocycles. The zero-order valence-corrected chi connectivity index (χ0v) is 10.9. The van der Waals surface area contributed by atoms with Crippen molar-refractivity contribution in [3.63, 3.8) is 0 Å². The van der Waals surface area contributed by atoms with Gasteiger partial charge in [-0.25, -0.2) is 9.78 Å². The number of rotatable bonds is 6. The van der Waals surface area contributed by atoms with E-state index < -0.39 is 12.6 Å². The first-order valence-corrected chi connectivity index (χ1v) is 6.39. The summed E-state index contributed by atoms with van der Waals surface area (Å²) in [5.74, 6) is -0.984. The molecule has 0 aliphatic rings. The monoisotopic (exact) mass is 300 g/mol. The number of anilines is 1. The van der Waals surface area contributed by atoms with Gasteiger partial charge in [0.15, 0.2) is 0 Å². The van der Waals surface area contributed by atoms with Crippen molar-refractivity contribution in [2.45, 2.75) is 13.2 Å². The van der Waals surface area contributed by atoms with Crippen LogP contribution >= 0.6 is 11.3 Å². The molecule has 2 N–H and O–H groups in total. The van der Waals surface area contributed by atoms with Gasteiger partial charge in [0.05, 0.1) is 12.2 Å². The molecule has 0 saturated heterocycles. The van der Waals surface area contributed by atoms with E-state index in [-0.39, 0.29) is 10.8 Å². The van der Waals surface area contributed by atoms with Crippen LogP contribution in [0.15, 0.2) is 29.6 Å². The van der Waals surface area contributed by atoms with Gasteiger partial charge < -0.3 is 15.2 Å². The first-order chi connectivity index (χ1) is 9.54. The number of thiazole rings is 1. The molecule has 0 bridgehead atoms. The molecule has 106 valence electrons. The minimum atomic E-state index is -2.85. The number of hydrogen-bond acceptors (Lipinski definition) is 5. The molecule has 0 atom stereocenters. The van der Waals surface area contributed by atoms with Crippen LogP contribution in [0.25, 0.3) is 0 Å². The fourth-order valence-electron chi connectivity index (χ4n) is 1.43. The Morgan fingerprint density at radius 2 is 2.10 bits per heavy atom. The number of carboxylic acid groups (broad SMARTS) is 1. The second kappa shape index (κ2) is 6.29. The molecular formula is C12H10F2N2O3S. The van der Waals surface area contributed by atoms with Gasteiger partial charge in [-0.15, -0.1) is 11.3 Å². The summed E-state index contributed by atoms with van der Waals surface area (Å²) in [5, 5.41) is 13.4. The van der Waals surface area contributed by atoms with E-state index >= 15 is 0 Å². The van der Waals surface area contributed by atoms with Gasteiger partial charge in [0, 0.05) is 11.1 Å². The van der Waals surface area contributed by atoms with E-state index in [0.717, 1.165) is 11.3 Å². The molecule has 8 heteroatoms. The summed E-state index contributed by atoms with van der Waals surface area (Å²) < 4.78 is 28.2. The molecule has 0 spiro atoms. The SMILES string of the molecule is O=C(O)c1nc(CNc2ccc(OC(F)F)cc2)cs1. The van der Waals surface area contributed by atoms with Gasteiger partial charge in [-0.2, -0.15) is 8.78 Å². The maximum Gasteiger partial charge on any atom is 0.387 e.